The maximum absolute atomic E-state index is 11.8. The molecule has 1 atom stereocenters. The van der Waals surface area contributed by atoms with E-state index >= 15 is 0 Å². The van der Waals surface area contributed by atoms with Gasteiger partial charge in [-0.2, -0.15) is 0 Å². The molecule has 0 aliphatic carbocycles. The molecule has 0 radical (unpaired) electrons. The number of carbonyl (C=O) groups excluding carboxylic acids is 1. The molecule has 1 unspecified atom stereocenters. The molecule has 86 valence electrons. The molecule has 0 aromatic heterocycles. The molecule has 16 heavy (non-hydrogen) atoms. The van der Waals surface area contributed by atoms with Crippen molar-refractivity contribution in [2.75, 3.05) is 6.61 Å². The average Bonchev–Trinajstić information content (AvgIpc) is 3.11. The van der Waals surface area contributed by atoms with E-state index in [1.54, 1.807) is 0 Å². The zero-order valence-corrected chi connectivity index (χ0v) is 9.60. The zero-order valence-electron chi connectivity index (χ0n) is 9.60. The van der Waals surface area contributed by atoms with E-state index in [0.29, 0.717) is 13.2 Å². The molecule has 1 aromatic rings. The molecule has 0 N–H and O–H groups in total. The van der Waals surface area contributed by atoms with E-state index < -0.39 is 5.41 Å². The first-order valence-corrected chi connectivity index (χ1v) is 5.43. The fourth-order valence-electron chi connectivity index (χ4n) is 1.51. The minimum atomic E-state index is -0.533. The lowest BCUT2D eigenvalue weighted by atomic mass is 9.90. The first-order valence-electron chi connectivity index (χ1n) is 5.43. The molecule has 2 rings (SSSR count). The van der Waals surface area contributed by atoms with Crippen LogP contribution in [0.25, 0.3) is 0 Å². The lowest BCUT2D eigenvalue weighted by Gasteiger charge is -2.19. The summed E-state index contributed by atoms with van der Waals surface area (Å²) in [6.45, 7) is 4.71. The molecule has 0 spiro atoms. The summed E-state index contributed by atoms with van der Waals surface area (Å²) in [6, 6.07) is 9.67. The van der Waals surface area contributed by atoms with Gasteiger partial charge in [0, 0.05) is 0 Å². The van der Waals surface area contributed by atoms with Crippen molar-refractivity contribution in [1.82, 2.24) is 0 Å². The van der Waals surface area contributed by atoms with Gasteiger partial charge in [-0.25, -0.2) is 0 Å². The van der Waals surface area contributed by atoms with Crippen LogP contribution in [0.5, 0.6) is 0 Å². The topological polar surface area (TPSA) is 38.8 Å². The van der Waals surface area contributed by atoms with E-state index in [9.17, 15) is 4.79 Å². The summed E-state index contributed by atoms with van der Waals surface area (Å²) in [6.07, 6.45) is 0.0239. The molecule has 1 saturated heterocycles. The first-order chi connectivity index (χ1) is 7.60. The Balaban J connectivity index is 1.88. The number of hydrogen-bond donors (Lipinski definition) is 0. The summed E-state index contributed by atoms with van der Waals surface area (Å²) in [7, 11) is 0. The number of ether oxygens (including phenoxy) is 2. The Labute approximate surface area is 95.4 Å². The zero-order chi connectivity index (χ0) is 11.6. The molecule has 3 nitrogen and oxygen atoms in total. The fourth-order valence-corrected chi connectivity index (χ4v) is 1.51. The molecule has 1 aliphatic rings. The van der Waals surface area contributed by atoms with Gasteiger partial charge in [-0.1, -0.05) is 30.3 Å². The van der Waals surface area contributed by atoms with Crippen LogP contribution in [-0.2, 0) is 20.9 Å². The summed E-state index contributed by atoms with van der Waals surface area (Å²) in [5, 5.41) is 0. The van der Waals surface area contributed by atoms with Crippen LogP contribution < -0.4 is 0 Å². The second kappa shape index (κ2) is 4.26. The first kappa shape index (κ1) is 11.1. The van der Waals surface area contributed by atoms with Crippen LogP contribution >= 0.6 is 0 Å². The monoisotopic (exact) mass is 220 g/mol. The SMILES string of the molecule is CC(C)(C(=O)OCc1ccccc1)C1CO1. The van der Waals surface area contributed by atoms with Crippen molar-refractivity contribution in [2.24, 2.45) is 5.41 Å². The van der Waals surface area contributed by atoms with E-state index in [1.165, 1.54) is 0 Å². The van der Waals surface area contributed by atoms with Crippen LogP contribution in [0.15, 0.2) is 30.3 Å². The number of epoxide rings is 1. The van der Waals surface area contributed by atoms with Gasteiger partial charge in [0.2, 0.25) is 0 Å². The lowest BCUT2D eigenvalue weighted by Crippen LogP contribution is -2.32. The molecule has 1 aliphatic heterocycles. The largest absolute Gasteiger partial charge is 0.460 e. The standard InChI is InChI=1S/C13H16O3/c1-13(2,11-9-15-11)12(14)16-8-10-6-4-3-5-7-10/h3-7,11H,8-9H2,1-2H3. The van der Waals surface area contributed by atoms with Crippen LogP contribution in [0.4, 0.5) is 0 Å². The number of carbonyl (C=O) groups is 1. The highest BCUT2D eigenvalue weighted by molar-refractivity contribution is 5.77. The molecular formula is C13H16O3. The highest BCUT2D eigenvalue weighted by Gasteiger charge is 2.46. The highest BCUT2D eigenvalue weighted by atomic mass is 16.6. The molecule has 1 aromatic carbocycles. The van der Waals surface area contributed by atoms with Gasteiger partial charge in [0.05, 0.1) is 18.1 Å². The summed E-state index contributed by atoms with van der Waals surface area (Å²) >= 11 is 0. The summed E-state index contributed by atoms with van der Waals surface area (Å²) in [4.78, 5) is 11.8. The van der Waals surface area contributed by atoms with E-state index in [0.717, 1.165) is 5.56 Å². The van der Waals surface area contributed by atoms with Crippen LogP contribution in [0.2, 0.25) is 0 Å². The van der Waals surface area contributed by atoms with Gasteiger partial charge >= 0.3 is 5.97 Å². The Bertz CT molecular complexity index is 366. The van der Waals surface area contributed by atoms with Gasteiger partial charge in [0.25, 0.3) is 0 Å². The van der Waals surface area contributed by atoms with Crippen molar-refractivity contribution >= 4 is 5.97 Å². The normalized spacial score (nSPS) is 19.2. The van der Waals surface area contributed by atoms with Crippen molar-refractivity contribution in [2.45, 2.75) is 26.6 Å². The third kappa shape index (κ3) is 2.42. The van der Waals surface area contributed by atoms with Gasteiger partial charge in [-0.05, 0) is 19.4 Å². The second-order valence-electron chi connectivity index (χ2n) is 4.61. The Kier molecular flexibility index (Phi) is 2.97. The van der Waals surface area contributed by atoms with Crippen molar-refractivity contribution in [3.63, 3.8) is 0 Å². The minimum absolute atomic E-state index is 0.0239. The Hall–Kier alpha value is -1.35. The van der Waals surface area contributed by atoms with Crippen LogP contribution in [0, 0.1) is 5.41 Å². The van der Waals surface area contributed by atoms with Gasteiger partial charge in [-0.15, -0.1) is 0 Å². The predicted molar refractivity (Wildman–Crippen MR) is 59.8 cm³/mol. The quantitative estimate of drug-likeness (QED) is 0.576. The highest BCUT2D eigenvalue weighted by Crippen LogP contribution is 2.33. The lowest BCUT2D eigenvalue weighted by molar-refractivity contribution is -0.156. The Morgan fingerprint density at radius 3 is 2.62 bits per heavy atom. The number of esters is 1. The van der Waals surface area contributed by atoms with Gasteiger partial charge in [-0.3, -0.25) is 4.79 Å². The number of hydrogen-bond acceptors (Lipinski definition) is 3. The maximum Gasteiger partial charge on any atom is 0.314 e. The maximum atomic E-state index is 11.8. The predicted octanol–water partition coefficient (Wildman–Crippen LogP) is 2.15. The molecule has 1 heterocycles. The molecular weight excluding hydrogens is 204 g/mol. The Morgan fingerprint density at radius 2 is 2.06 bits per heavy atom. The van der Waals surface area contributed by atoms with Gasteiger partial charge in [0.1, 0.15) is 6.61 Å². The molecule has 0 amide bonds. The van der Waals surface area contributed by atoms with Gasteiger partial charge in [0.15, 0.2) is 0 Å². The summed E-state index contributed by atoms with van der Waals surface area (Å²) in [5.41, 5.74) is 0.470. The van der Waals surface area contributed by atoms with Crippen LogP contribution in [-0.4, -0.2) is 18.7 Å². The van der Waals surface area contributed by atoms with E-state index in [4.69, 9.17) is 9.47 Å². The van der Waals surface area contributed by atoms with E-state index in [1.807, 2.05) is 44.2 Å². The van der Waals surface area contributed by atoms with Crippen molar-refractivity contribution < 1.29 is 14.3 Å². The average molecular weight is 220 g/mol. The Morgan fingerprint density at radius 1 is 1.44 bits per heavy atom. The van der Waals surface area contributed by atoms with E-state index in [2.05, 4.69) is 0 Å². The second-order valence-corrected chi connectivity index (χ2v) is 4.61. The van der Waals surface area contributed by atoms with Gasteiger partial charge < -0.3 is 9.47 Å². The molecule has 0 saturated carbocycles. The number of rotatable bonds is 4. The fraction of sp³-hybridized carbons (Fsp3) is 0.462. The molecule has 3 heteroatoms. The number of benzene rings is 1. The third-order valence-electron chi connectivity index (χ3n) is 2.88. The smallest absolute Gasteiger partial charge is 0.314 e. The third-order valence-corrected chi connectivity index (χ3v) is 2.88. The summed E-state index contributed by atoms with van der Waals surface area (Å²) < 4.78 is 10.4. The summed E-state index contributed by atoms with van der Waals surface area (Å²) in [5.74, 6) is -0.196. The molecule has 1 fully saturated rings. The van der Waals surface area contributed by atoms with Crippen LogP contribution in [0.3, 0.4) is 0 Å². The van der Waals surface area contributed by atoms with E-state index in [-0.39, 0.29) is 12.1 Å². The van der Waals surface area contributed by atoms with Crippen molar-refractivity contribution in [3.05, 3.63) is 35.9 Å². The minimum Gasteiger partial charge on any atom is -0.460 e. The van der Waals surface area contributed by atoms with Crippen molar-refractivity contribution in [1.29, 1.82) is 0 Å². The van der Waals surface area contributed by atoms with Crippen LogP contribution in [0.1, 0.15) is 19.4 Å². The van der Waals surface area contributed by atoms with Crippen molar-refractivity contribution in [3.8, 4) is 0 Å². The molecule has 0 bridgehead atoms.